The van der Waals surface area contributed by atoms with Gasteiger partial charge in [-0.2, -0.15) is 0 Å². The lowest BCUT2D eigenvalue weighted by Gasteiger charge is -2.07. The molecule has 0 aromatic heterocycles. The van der Waals surface area contributed by atoms with Gasteiger partial charge >= 0.3 is 0 Å². The molecule has 0 spiro atoms. The van der Waals surface area contributed by atoms with Crippen molar-refractivity contribution in [3.05, 3.63) is 66.6 Å². The topological polar surface area (TPSA) is 72.2 Å². The van der Waals surface area contributed by atoms with Crippen LogP contribution >= 0.6 is 31.9 Å². The van der Waals surface area contributed by atoms with Gasteiger partial charge in [-0.3, -0.25) is 14.9 Å². The van der Waals surface area contributed by atoms with Gasteiger partial charge in [0.15, 0.2) is 0 Å². The molecule has 21 heavy (non-hydrogen) atoms. The van der Waals surface area contributed by atoms with Crippen LogP contribution < -0.4 is 5.32 Å². The van der Waals surface area contributed by atoms with Crippen molar-refractivity contribution in [1.82, 2.24) is 0 Å². The first kappa shape index (κ1) is 15.7. The fraction of sp³-hybridized carbons (Fsp3) is 0.0714. The summed E-state index contributed by atoms with van der Waals surface area (Å²) in [6.45, 7) is 1.91. The molecule has 0 unspecified atom stereocenters. The van der Waals surface area contributed by atoms with Crippen molar-refractivity contribution in [2.45, 2.75) is 6.92 Å². The lowest BCUT2D eigenvalue weighted by molar-refractivity contribution is -0.385. The van der Waals surface area contributed by atoms with Crippen LogP contribution in [0.25, 0.3) is 0 Å². The Balaban J connectivity index is 2.28. The number of nitro groups is 1. The van der Waals surface area contributed by atoms with Crippen LogP contribution in [0.5, 0.6) is 0 Å². The minimum Gasteiger partial charge on any atom is -0.322 e. The van der Waals surface area contributed by atoms with Crippen LogP contribution in [-0.2, 0) is 0 Å². The summed E-state index contributed by atoms with van der Waals surface area (Å²) in [7, 11) is 0. The van der Waals surface area contributed by atoms with E-state index in [1.54, 1.807) is 6.07 Å². The number of nitro benzene ring substituents is 1. The normalized spacial score (nSPS) is 10.2. The summed E-state index contributed by atoms with van der Waals surface area (Å²) in [5, 5.41) is 13.6. The van der Waals surface area contributed by atoms with Crippen molar-refractivity contribution in [2.75, 3.05) is 5.32 Å². The van der Waals surface area contributed by atoms with Gasteiger partial charge in [0.1, 0.15) is 0 Å². The standard InChI is InChI=1S/C14H10Br2N2O3/c1-8-4-10(15)7-11(5-8)17-14(19)9-2-3-12(16)13(6-9)18(20)21/h2-7H,1H3,(H,17,19). The quantitative estimate of drug-likeness (QED) is 0.586. The van der Waals surface area contributed by atoms with Crippen LogP contribution in [0.3, 0.4) is 0 Å². The van der Waals surface area contributed by atoms with E-state index < -0.39 is 10.8 Å². The van der Waals surface area contributed by atoms with Crippen LogP contribution in [0, 0.1) is 17.0 Å². The highest BCUT2D eigenvalue weighted by molar-refractivity contribution is 9.10. The van der Waals surface area contributed by atoms with Crippen LogP contribution in [0.4, 0.5) is 11.4 Å². The lowest BCUT2D eigenvalue weighted by Crippen LogP contribution is -2.12. The molecule has 7 heteroatoms. The summed E-state index contributed by atoms with van der Waals surface area (Å²) in [5.41, 5.74) is 1.69. The number of carbonyl (C=O) groups is 1. The predicted molar refractivity (Wildman–Crippen MR) is 87.6 cm³/mol. The molecule has 0 saturated carbocycles. The Bertz CT molecular complexity index is 712. The summed E-state index contributed by atoms with van der Waals surface area (Å²) in [6.07, 6.45) is 0. The average molecular weight is 414 g/mol. The second-order valence-corrected chi connectivity index (χ2v) is 6.16. The zero-order chi connectivity index (χ0) is 15.6. The van der Waals surface area contributed by atoms with Crippen molar-refractivity contribution < 1.29 is 9.72 Å². The first-order chi connectivity index (χ1) is 9.86. The summed E-state index contributed by atoms with van der Waals surface area (Å²) in [6, 6.07) is 9.74. The number of rotatable bonds is 3. The highest BCUT2D eigenvalue weighted by Gasteiger charge is 2.16. The van der Waals surface area contributed by atoms with Crippen LogP contribution in [0.15, 0.2) is 45.3 Å². The predicted octanol–water partition coefficient (Wildman–Crippen LogP) is 4.68. The van der Waals surface area contributed by atoms with Gasteiger partial charge in [0.05, 0.1) is 9.40 Å². The Labute approximate surface area is 137 Å². The number of nitrogens with zero attached hydrogens (tertiary/aromatic N) is 1. The van der Waals surface area contributed by atoms with Crippen molar-refractivity contribution in [2.24, 2.45) is 0 Å². The molecule has 0 bridgehead atoms. The molecule has 1 N–H and O–H groups in total. The number of aryl methyl sites for hydroxylation is 1. The largest absolute Gasteiger partial charge is 0.322 e. The molecule has 0 saturated heterocycles. The van der Waals surface area contributed by atoms with Crippen LogP contribution in [0.1, 0.15) is 15.9 Å². The van der Waals surface area contributed by atoms with E-state index in [0.717, 1.165) is 10.0 Å². The van der Waals surface area contributed by atoms with Crippen molar-refractivity contribution in [1.29, 1.82) is 0 Å². The molecule has 2 rings (SSSR count). The Morgan fingerprint density at radius 1 is 1.19 bits per heavy atom. The van der Waals surface area contributed by atoms with E-state index in [9.17, 15) is 14.9 Å². The smallest absolute Gasteiger partial charge is 0.284 e. The number of hydrogen-bond donors (Lipinski definition) is 1. The third kappa shape index (κ3) is 3.89. The molecule has 0 aliphatic rings. The van der Waals surface area contributed by atoms with E-state index in [4.69, 9.17) is 0 Å². The SMILES string of the molecule is Cc1cc(Br)cc(NC(=O)c2ccc(Br)c([N+](=O)[O-])c2)c1. The molecule has 2 aromatic rings. The maximum absolute atomic E-state index is 12.2. The van der Waals surface area contributed by atoms with Gasteiger partial charge < -0.3 is 5.32 Å². The van der Waals surface area contributed by atoms with Gasteiger partial charge in [-0.05, 0) is 58.7 Å². The van der Waals surface area contributed by atoms with Gasteiger partial charge in [0.2, 0.25) is 0 Å². The average Bonchev–Trinajstić information content (AvgIpc) is 2.37. The number of hydrogen-bond acceptors (Lipinski definition) is 3. The first-order valence-electron chi connectivity index (χ1n) is 5.89. The minimum atomic E-state index is -0.538. The number of amides is 1. The molecule has 5 nitrogen and oxygen atoms in total. The monoisotopic (exact) mass is 412 g/mol. The van der Waals surface area contributed by atoms with Crippen LogP contribution in [0.2, 0.25) is 0 Å². The molecular formula is C14H10Br2N2O3. The maximum atomic E-state index is 12.2. The molecule has 1 amide bonds. The van der Waals surface area contributed by atoms with Gasteiger partial charge in [-0.25, -0.2) is 0 Å². The van der Waals surface area contributed by atoms with Crippen molar-refractivity contribution in [3.63, 3.8) is 0 Å². The van der Waals surface area contributed by atoms with Gasteiger partial charge in [-0.1, -0.05) is 15.9 Å². The molecule has 0 aliphatic heterocycles. The lowest BCUT2D eigenvalue weighted by atomic mass is 10.1. The minimum absolute atomic E-state index is 0.145. The maximum Gasteiger partial charge on any atom is 0.284 e. The Hall–Kier alpha value is -1.73. The Morgan fingerprint density at radius 3 is 2.52 bits per heavy atom. The number of anilines is 1. The molecule has 0 radical (unpaired) electrons. The number of carbonyl (C=O) groups excluding carboxylic acids is 1. The third-order valence-corrected chi connectivity index (χ3v) is 3.83. The Kier molecular flexibility index (Phi) is 4.74. The molecule has 0 heterocycles. The van der Waals surface area contributed by atoms with Crippen molar-refractivity contribution in [3.8, 4) is 0 Å². The molecule has 108 valence electrons. The summed E-state index contributed by atoms with van der Waals surface area (Å²) in [4.78, 5) is 22.5. The van der Waals surface area contributed by atoms with Crippen LogP contribution in [-0.4, -0.2) is 10.8 Å². The van der Waals surface area contributed by atoms with Gasteiger partial charge in [0, 0.05) is 21.8 Å². The number of nitrogens with one attached hydrogen (secondary N) is 1. The second kappa shape index (κ2) is 6.36. The van der Waals surface area contributed by atoms with E-state index in [0.29, 0.717) is 10.2 Å². The molecule has 0 aliphatic carbocycles. The Morgan fingerprint density at radius 2 is 1.90 bits per heavy atom. The van der Waals surface area contributed by atoms with E-state index in [-0.39, 0.29) is 11.3 Å². The third-order valence-electron chi connectivity index (χ3n) is 2.71. The zero-order valence-corrected chi connectivity index (χ0v) is 14.1. The highest BCUT2D eigenvalue weighted by Crippen LogP contribution is 2.26. The summed E-state index contributed by atoms with van der Waals surface area (Å²) >= 11 is 6.44. The fourth-order valence-electron chi connectivity index (χ4n) is 1.81. The van der Waals surface area contributed by atoms with Gasteiger partial charge in [0.25, 0.3) is 11.6 Å². The molecule has 2 aromatic carbocycles. The van der Waals surface area contributed by atoms with E-state index in [2.05, 4.69) is 37.2 Å². The number of halogens is 2. The van der Waals surface area contributed by atoms with Gasteiger partial charge in [-0.15, -0.1) is 0 Å². The fourth-order valence-corrected chi connectivity index (χ4v) is 2.80. The highest BCUT2D eigenvalue weighted by atomic mass is 79.9. The van der Waals surface area contributed by atoms with Crippen molar-refractivity contribution >= 4 is 49.1 Å². The second-order valence-electron chi connectivity index (χ2n) is 4.39. The molecule has 0 atom stereocenters. The first-order valence-corrected chi connectivity index (χ1v) is 7.48. The molecule has 0 fully saturated rings. The summed E-state index contributed by atoms with van der Waals surface area (Å²) < 4.78 is 1.18. The number of benzene rings is 2. The van der Waals surface area contributed by atoms with E-state index >= 15 is 0 Å². The van der Waals surface area contributed by atoms with E-state index in [1.807, 2.05) is 19.1 Å². The van der Waals surface area contributed by atoms with E-state index in [1.165, 1.54) is 18.2 Å². The summed E-state index contributed by atoms with van der Waals surface area (Å²) in [5.74, 6) is -0.400. The molecular weight excluding hydrogens is 404 g/mol. The zero-order valence-electron chi connectivity index (χ0n) is 10.9.